The second-order valence-electron chi connectivity index (χ2n) is 9.14. The zero-order valence-corrected chi connectivity index (χ0v) is 19.9. The minimum absolute atomic E-state index is 0.152. The first-order valence-corrected chi connectivity index (χ1v) is 12.9. The lowest BCUT2D eigenvalue weighted by molar-refractivity contribution is 0.0933. The Hall–Kier alpha value is -1.64. The number of sulfonamides is 1. The van der Waals surface area contributed by atoms with E-state index in [0.717, 1.165) is 45.3 Å². The average Bonchev–Trinajstić information content (AvgIpc) is 3.02. The molecule has 8 heteroatoms. The van der Waals surface area contributed by atoms with Crippen LogP contribution in [0, 0.1) is 11.8 Å². The molecule has 1 aromatic carbocycles. The van der Waals surface area contributed by atoms with Crippen LogP contribution in [0.3, 0.4) is 0 Å². The Morgan fingerprint density at radius 2 is 1.74 bits per heavy atom. The maximum absolute atomic E-state index is 13.1. The third kappa shape index (κ3) is 6.20. The van der Waals surface area contributed by atoms with Gasteiger partial charge in [0, 0.05) is 39.3 Å². The predicted octanol–water partition coefficient (Wildman–Crippen LogP) is 2.97. The van der Waals surface area contributed by atoms with Gasteiger partial charge in [-0.05, 0) is 49.3 Å². The maximum atomic E-state index is 13.1. The molecule has 174 valence electrons. The van der Waals surface area contributed by atoms with Gasteiger partial charge in [-0.2, -0.15) is 4.31 Å². The van der Waals surface area contributed by atoms with E-state index in [1.807, 2.05) is 0 Å². The molecule has 1 amide bonds. The van der Waals surface area contributed by atoms with E-state index >= 15 is 0 Å². The van der Waals surface area contributed by atoms with E-state index in [-0.39, 0.29) is 16.4 Å². The lowest BCUT2D eigenvalue weighted by atomic mass is 9.92. The van der Waals surface area contributed by atoms with Gasteiger partial charge >= 0.3 is 0 Å². The second kappa shape index (κ2) is 10.8. The fourth-order valence-electron chi connectivity index (χ4n) is 4.85. The number of piperidine rings is 1. The van der Waals surface area contributed by atoms with Crippen LogP contribution in [0.4, 0.5) is 0 Å². The zero-order valence-electron chi connectivity index (χ0n) is 19.1. The molecule has 2 aliphatic rings. The Bertz CT molecular complexity index is 840. The molecule has 2 unspecified atom stereocenters. The molecule has 2 aliphatic heterocycles. The van der Waals surface area contributed by atoms with Crippen molar-refractivity contribution in [1.29, 1.82) is 0 Å². The number of nitrogens with zero attached hydrogens (tertiary/aromatic N) is 2. The van der Waals surface area contributed by atoms with Gasteiger partial charge < -0.3 is 15.0 Å². The van der Waals surface area contributed by atoms with Gasteiger partial charge in [-0.3, -0.25) is 4.79 Å². The number of amides is 1. The van der Waals surface area contributed by atoms with Crippen molar-refractivity contribution >= 4 is 15.9 Å². The Labute approximate surface area is 187 Å². The van der Waals surface area contributed by atoms with Gasteiger partial charge in [0.25, 0.3) is 5.91 Å². The van der Waals surface area contributed by atoms with Crippen molar-refractivity contribution in [2.75, 3.05) is 46.4 Å². The van der Waals surface area contributed by atoms with E-state index in [9.17, 15) is 13.2 Å². The van der Waals surface area contributed by atoms with Crippen LogP contribution in [0.5, 0.6) is 5.75 Å². The molecule has 31 heavy (non-hydrogen) atoms. The van der Waals surface area contributed by atoms with E-state index in [2.05, 4.69) is 24.1 Å². The van der Waals surface area contributed by atoms with Crippen LogP contribution < -0.4 is 10.1 Å². The zero-order chi connectivity index (χ0) is 22.4. The Kier molecular flexibility index (Phi) is 8.36. The second-order valence-corrected chi connectivity index (χ2v) is 11.1. The van der Waals surface area contributed by atoms with Crippen molar-refractivity contribution in [1.82, 2.24) is 14.5 Å². The summed E-state index contributed by atoms with van der Waals surface area (Å²) in [5.74, 6) is 1.41. The Morgan fingerprint density at radius 1 is 1.10 bits per heavy atom. The number of benzene rings is 1. The number of hydrogen-bond acceptors (Lipinski definition) is 5. The molecule has 2 heterocycles. The lowest BCUT2D eigenvalue weighted by Gasteiger charge is -2.34. The first kappa shape index (κ1) is 24.0. The minimum atomic E-state index is -3.63. The molecule has 0 radical (unpaired) electrons. The summed E-state index contributed by atoms with van der Waals surface area (Å²) in [6, 6.07) is 4.57. The highest BCUT2D eigenvalue weighted by Crippen LogP contribution is 2.26. The molecule has 0 aliphatic carbocycles. The summed E-state index contributed by atoms with van der Waals surface area (Å²) in [7, 11) is -2.14. The van der Waals surface area contributed by atoms with Gasteiger partial charge in [0.15, 0.2) is 0 Å². The van der Waals surface area contributed by atoms with Gasteiger partial charge in [-0.1, -0.05) is 26.7 Å². The number of hydrogen-bond donors (Lipinski definition) is 1. The van der Waals surface area contributed by atoms with E-state index in [1.165, 1.54) is 25.7 Å². The fraction of sp³-hybridized carbons (Fsp3) is 0.696. The SMILES string of the molecule is COc1ccc(S(=O)(=O)N2CCCCCC2)cc1C(=O)NCCN1CC(C)CC(C)C1. The predicted molar refractivity (Wildman–Crippen MR) is 122 cm³/mol. The van der Waals surface area contributed by atoms with Crippen LogP contribution in [-0.4, -0.2) is 69.9 Å². The molecule has 7 nitrogen and oxygen atoms in total. The monoisotopic (exact) mass is 451 g/mol. The van der Waals surface area contributed by atoms with E-state index in [1.54, 1.807) is 10.4 Å². The van der Waals surface area contributed by atoms with Crippen LogP contribution in [0.1, 0.15) is 56.3 Å². The molecule has 3 rings (SSSR count). The van der Waals surface area contributed by atoms with Crippen LogP contribution in [0.2, 0.25) is 0 Å². The Morgan fingerprint density at radius 3 is 2.35 bits per heavy atom. The van der Waals surface area contributed by atoms with Crippen molar-refractivity contribution < 1.29 is 17.9 Å². The molecule has 0 aromatic heterocycles. The van der Waals surface area contributed by atoms with Gasteiger partial charge in [-0.25, -0.2) is 8.42 Å². The number of likely N-dealkylation sites (tertiary alicyclic amines) is 1. The molecular weight excluding hydrogens is 414 g/mol. The van der Waals surface area contributed by atoms with Crippen molar-refractivity contribution in [3.8, 4) is 5.75 Å². The summed E-state index contributed by atoms with van der Waals surface area (Å²) in [6.07, 6.45) is 5.10. The molecule has 2 atom stereocenters. The first-order valence-electron chi connectivity index (χ1n) is 11.5. The highest BCUT2D eigenvalue weighted by Gasteiger charge is 2.27. The van der Waals surface area contributed by atoms with Crippen molar-refractivity contribution in [2.24, 2.45) is 11.8 Å². The van der Waals surface area contributed by atoms with Crippen molar-refractivity contribution in [3.05, 3.63) is 23.8 Å². The third-order valence-electron chi connectivity index (χ3n) is 6.28. The molecular formula is C23H37N3O4S. The summed E-state index contributed by atoms with van der Waals surface area (Å²) in [5.41, 5.74) is 0.263. The maximum Gasteiger partial charge on any atom is 0.255 e. The molecule has 1 N–H and O–H groups in total. The summed E-state index contributed by atoms with van der Waals surface area (Å²) in [4.78, 5) is 15.4. The van der Waals surface area contributed by atoms with Crippen molar-refractivity contribution in [2.45, 2.75) is 50.8 Å². The van der Waals surface area contributed by atoms with E-state index in [4.69, 9.17) is 4.74 Å². The lowest BCUT2D eigenvalue weighted by Crippen LogP contribution is -2.42. The van der Waals surface area contributed by atoms with Crippen LogP contribution >= 0.6 is 0 Å². The highest BCUT2D eigenvalue weighted by molar-refractivity contribution is 7.89. The standard InChI is InChI=1S/C23H37N3O4S/c1-18-14-19(2)17-25(16-18)13-10-24-23(27)21-15-20(8-9-22(21)30-3)31(28,29)26-11-6-4-5-7-12-26/h8-9,15,18-19H,4-7,10-14,16-17H2,1-3H3,(H,24,27). The van der Waals surface area contributed by atoms with Crippen molar-refractivity contribution in [3.63, 3.8) is 0 Å². The van der Waals surface area contributed by atoms with Crippen LogP contribution in [-0.2, 0) is 10.0 Å². The molecule has 0 spiro atoms. The molecule has 0 bridgehead atoms. The Balaban J connectivity index is 1.69. The number of nitrogens with one attached hydrogen (secondary N) is 1. The number of carbonyl (C=O) groups excluding carboxylic acids is 1. The summed E-state index contributed by atoms with van der Waals surface area (Å²) in [6.45, 7) is 9.00. The number of carbonyl (C=O) groups is 1. The molecule has 2 saturated heterocycles. The van der Waals surface area contributed by atoms with E-state index < -0.39 is 10.0 Å². The topological polar surface area (TPSA) is 79.0 Å². The average molecular weight is 452 g/mol. The van der Waals surface area contributed by atoms with Gasteiger partial charge in [0.1, 0.15) is 5.75 Å². The number of ether oxygens (including phenoxy) is 1. The van der Waals surface area contributed by atoms with Crippen LogP contribution in [0.15, 0.2) is 23.1 Å². The highest BCUT2D eigenvalue weighted by atomic mass is 32.2. The van der Waals surface area contributed by atoms with Crippen LogP contribution in [0.25, 0.3) is 0 Å². The van der Waals surface area contributed by atoms with Gasteiger partial charge in [0.05, 0.1) is 17.6 Å². The normalized spacial score (nSPS) is 23.8. The summed E-state index contributed by atoms with van der Waals surface area (Å²) < 4.78 is 33.2. The first-order chi connectivity index (χ1) is 14.8. The fourth-order valence-corrected chi connectivity index (χ4v) is 6.40. The minimum Gasteiger partial charge on any atom is -0.496 e. The largest absolute Gasteiger partial charge is 0.496 e. The number of rotatable bonds is 7. The molecule has 2 fully saturated rings. The quantitative estimate of drug-likeness (QED) is 0.690. The third-order valence-corrected chi connectivity index (χ3v) is 8.17. The molecule has 1 aromatic rings. The smallest absolute Gasteiger partial charge is 0.255 e. The van der Waals surface area contributed by atoms with E-state index in [0.29, 0.717) is 37.2 Å². The summed E-state index contributed by atoms with van der Waals surface area (Å²) >= 11 is 0. The summed E-state index contributed by atoms with van der Waals surface area (Å²) in [5, 5.41) is 2.95. The van der Waals surface area contributed by atoms with Gasteiger partial charge in [0.2, 0.25) is 10.0 Å². The van der Waals surface area contributed by atoms with Gasteiger partial charge in [-0.15, -0.1) is 0 Å². The molecule has 0 saturated carbocycles. The number of methoxy groups -OCH3 is 1.